The molecule has 98 valence electrons. The second-order valence-corrected chi connectivity index (χ2v) is 4.01. The van der Waals surface area contributed by atoms with E-state index in [4.69, 9.17) is 5.73 Å². The number of nitrogens with zero attached hydrogens (tertiary/aromatic N) is 2. The van der Waals surface area contributed by atoms with Crippen molar-refractivity contribution in [3.63, 3.8) is 0 Å². The maximum atomic E-state index is 5.49. The molecule has 0 saturated carbocycles. The standard InChI is InChI=1S/C14H22N4/c1-4-6-13(9-12(2)16-3)14-10-17-18(11-14)8-5-7-15/h4,6,9-11,16H,2,5,7-8,15H2,1,3H3/b6-4-,13-9+. The van der Waals surface area contributed by atoms with Gasteiger partial charge in [-0.3, -0.25) is 4.68 Å². The van der Waals surface area contributed by atoms with Gasteiger partial charge in [-0.25, -0.2) is 0 Å². The molecular formula is C14H22N4. The van der Waals surface area contributed by atoms with E-state index in [0.717, 1.165) is 29.8 Å². The Morgan fingerprint density at radius 3 is 3.00 bits per heavy atom. The summed E-state index contributed by atoms with van der Waals surface area (Å²) in [6.45, 7) is 7.44. The molecule has 0 radical (unpaired) electrons. The minimum atomic E-state index is 0.684. The summed E-state index contributed by atoms with van der Waals surface area (Å²) in [5, 5.41) is 7.34. The molecule has 1 aromatic rings. The van der Waals surface area contributed by atoms with Crippen LogP contribution in [0.3, 0.4) is 0 Å². The third-order valence-corrected chi connectivity index (χ3v) is 2.55. The quantitative estimate of drug-likeness (QED) is 0.723. The van der Waals surface area contributed by atoms with Crippen molar-refractivity contribution in [3.8, 4) is 0 Å². The van der Waals surface area contributed by atoms with Gasteiger partial charge in [-0.15, -0.1) is 0 Å². The number of aromatic nitrogens is 2. The second kappa shape index (κ2) is 7.50. The van der Waals surface area contributed by atoms with Crippen LogP contribution < -0.4 is 11.1 Å². The number of rotatable bonds is 7. The van der Waals surface area contributed by atoms with Crippen LogP contribution in [0.5, 0.6) is 0 Å². The fourth-order valence-electron chi connectivity index (χ4n) is 1.56. The van der Waals surface area contributed by atoms with Crippen molar-refractivity contribution in [2.24, 2.45) is 5.73 Å². The predicted molar refractivity (Wildman–Crippen MR) is 76.9 cm³/mol. The zero-order valence-electron chi connectivity index (χ0n) is 11.2. The molecule has 0 bridgehead atoms. The molecule has 1 aromatic heterocycles. The number of aryl methyl sites for hydroxylation is 1. The van der Waals surface area contributed by atoms with Gasteiger partial charge in [-0.05, 0) is 31.5 Å². The summed E-state index contributed by atoms with van der Waals surface area (Å²) in [5.41, 5.74) is 8.54. The SMILES string of the molecule is C=C(/C=C(\C=C/C)c1cnn(CCCN)c1)NC. The summed E-state index contributed by atoms with van der Waals surface area (Å²) in [6.07, 6.45) is 10.9. The highest BCUT2D eigenvalue weighted by atomic mass is 15.3. The molecule has 0 saturated heterocycles. The van der Waals surface area contributed by atoms with Gasteiger partial charge < -0.3 is 11.1 Å². The van der Waals surface area contributed by atoms with Gasteiger partial charge in [-0.2, -0.15) is 5.10 Å². The highest BCUT2D eigenvalue weighted by Gasteiger charge is 2.02. The van der Waals surface area contributed by atoms with E-state index in [-0.39, 0.29) is 0 Å². The van der Waals surface area contributed by atoms with Crippen molar-refractivity contribution >= 4 is 5.57 Å². The van der Waals surface area contributed by atoms with Gasteiger partial charge in [0.1, 0.15) is 0 Å². The van der Waals surface area contributed by atoms with Crippen LogP contribution in [0.4, 0.5) is 0 Å². The molecule has 0 amide bonds. The van der Waals surface area contributed by atoms with Gasteiger partial charge in [-0.1, -0.05) is 18.7 Å². The van der Waals surface area contributed by atoms with Crippen LogP contribution in [0.1, 0.15) is 18.9 Å². The second-order valence-electron chi connectivity index (χ2n) is 4.01. The topological polar surface area (TPSA) is 55.9 Å². The lowest BCUT2D eigenvalue weighted by atomic mass is 10.1. The Balaban J connectivity index is 2.89. The maximum Gasteiger partial charge on any atom is 0.0568 e. The first kappa shape index (κ1) is 14.3. The van der Waals surface area contributed by atoms with Crippen molar-refractivity contribution in [1.82, 2.24) is 15.1 Å². The van der Waals surface area contributed by atoms with Gasteiger partial charge in [0, 0.05) is 31.0 Å². The van der Waals surface area contributed by atoms with E-state index in [1.54, 1.807) is 0 Å². The molecule has 0 spiro atoms. The molecule has 0 aliphatic carbocycles. The molecule has 0 aliphatic rings. The molecule has 1 heterocycles. The third-order valence-electron chi connectivity index (χ3n) is 2.55. The van der Waals surface area contributed by atoms with Crippen molar-refractivity contribution in [2.45, 2.75) is 19.9 Å². The van der Waals surface area contributed by atoms with Crippen LogP contribution in [0.15, 0.2) is 42.9 Å². The average Bonchev–Trinajstić information content (AvgIpc) is 2.84. The number of likely N-dealkylation sites (N-methyl/N-ethyl adjacent to an activating group) is 1. The Labute approximate surface area is 109 Å². The predicted octanol–water partition coefficient (Wildman–Crippen LogP) is 1.92. The highest BCUT2D eigenvalue weighted by molar-refractivity contribution is 5.75. The molecule has 0 aromatic carbocycles. The van der Waals surface area contributed by atoms with Gasteiger partial charge in [0.2, 0.25) is 0 Å². The molecule has 0 unspecified atom stereocenters. The Kier molecular flexibility index (Phi) is 5.94. The molecule has 1 rings (SSSR count). The lowest BCUT2D eigenvalue weighted by molar-refractivity contribution is 0.585. The summed E-state index contributed by atoms with van der Waals surface area (Å²) >= 11 is 0. The summed E-state index contributed by atoms with van der Waals surface area (Å²) in [4.78, 5) is 0. The largest absolute Gasteiger partial charge is 0.389 e. The lowest BCUT2D eigenvalue weighted by Gasteiger charge is -2.02. The normalized spacial score (nSPS) is 12.1. The van der Waals surface area contributed by atoms with E-state index in [2.05, 4.69) is 17.0 Å². The lowest BCUT2D eigenvalue weighted by Crippen LogP contribution is -2.05. The van der Waals surface area contributed by atoms with E-state index in [9.17, 15) is 0 Å². The number of nitrogens with one attached hydrogen (secondary N) is 1. The highest BCUT2D eigenvalue weighted by Crippen LogP contribution is 2.16. The fourth-order valence-corrected chi connectivity index (χ4v) is 1.56. The Morgan fingerprint density at radius 1 is 1.61 bits per heavy atom. The monoisotopic (exact) mass is 246 g/mol. The smallest absolute Gasteiger partial charge is 0.0568 e. The first-order valence-electron chi connectivity index (χ1n) is 6.15. The molecule has 3 N–H and O–H groups in total. The zero-order valence-corrected chi connectivity index (χ0v) is 11.2. The van der Waals surface area contributed by atoms with Crippen molar-refractivity contribution < 1.29 is 0 Å². The van der Waals surface area contributed by atoms with Crippen LogP contribution >= 0.6 is 0 Å². The molecule has 0 atom stereocenters. The van der Waals surface area contributed by atoms with Crippen molar-refractivity contribution in [2.75, 3.05) is 13.6 Å². The van der Waals surface area contributed by atoms with Crippen LogP contribution in [0, 0.1) is 0 Å². The number of allylic oxidation sites excluding steroid dienone is 4. The number of hydrogen-bond donors (Lipinski definition) is 2. The minimum absolute atomic E-state index is 0.684. The summed E-state index contributed by atoms with van der Waals surface area (Å²) in [7, 11) is 1.86. The fraction of sp³-hybridized carbons (Fsp3) is 0.357. The molecule has 0 aliphatic heterocycles. The molecule has 0 fully saturated rings. The molecular weight excluding hydrogens is 224 g/mol. The third kappa shape index (κ3) is 4.22. The summed E-state index contributed by atoms with van der Waals surface area (Å²) in [5.74, 6) is 0. The van der Waals surface area contributed by atoms with Crippen LogP contribution in [0.2, 0.25) is 0 Å². The van der Waals surface area contributed by atoms with Crippen molar-refractivity contribution in [3.05, 3.63) is 48.5 Å². The molecule has 18 heavy (non-hydrogen) atoms. The summed E-state index contributed by atoms with van der Waals surface area (Å²) in [6, 6.07) is 0. The summed E-state index contributed by atoms with van der Waals surface area (Å²) < 4.78 is 1.92. The van der Waals surface area contributed by atoms with E-state index < -0.39 is 0 Å². The Bertz CT molecular complexity index is 440. The minimum Gasteiger partial charge on any atom is -0.389 e. The average molecular weight is 246 g/mol. The van der Waals surface area contributed by atoms with E-state index >= 15 is 0 Å². The van der Waals surface area contributed by atoms with Gasteiger partial charge in [0.05, 0.1) is 6.20 Å². The van der Waals surface area contributed by atoms with Gasteiger partial charge in [0.15, 0.2) is 0 Å². The number of nitrogens with two attached hydrogens (primary N) is 1. The van der Waals surface area contributed by atoms with E-state index in [0.29, 0.717) is 6.54 Å². The van der Waals surface area contributed by atoms with Crippen LogP contribution in [0.25, 0.3) is 5.57 Å². The Hall–Kier alpha value is -1.81. The first-order valence-corrected chi connectivity index (χ1v) is 6.15. The zero-order chi connectivity index (χ0) is 13.4. The van der Waals surface area contributed by atoms with E-state index in [1.807, 2.05) is 49.3 Å². The maximum absolute atomic E-state index is 5.49. The number of hydrogen-bond acceptors (Lipinski definition) is 3. The Morgan fingerprint density at radius 2 is 2.39 bits per heavy atom. The molecule has 4 nitrogen and oxygen atoms in total. The van der Waals surface area contributed by atoms with Gasteiger partial charge in [0.25, 0.3) is 0 Å². The van der Waals surface area contributed by atoms with E-state index in [1.165, 1.54) is 0 Å². The van der Waals surface area contributed by atoms with Gasteiger partial charge >= 0.3 is 0 Å². The first-order chi connectivity index (χ1) is 8.71. The molecule has 4 heteroatoms. The van der Waals surface area contributed by atoms with Crippen LogP contribution in [-0.2, 0) is 6.54 Å². The van der Waals surface area contributed by atoms with Crippen LogP contribution in [-0.4, -0.2) is 23.4 Å². The van der Waals surface area contributed by atoms with Crippen molar-refractivity contribution in [1.29, 1.82) is 0 Å².